The molecule has 0 atom stereocenters. The lowest BCUT2D eigenvalue weighted by atomic mass is 9.96. The van der Waals surface area contributed by atoms with Gasteiger partial charge in [-0.15, -0.1) is 0 Å². The number of primary amides is 1. The number of nitrogens with one attached hydrogen (secondary N) is 2. The summed E-state index contributed by atoms with van der Waals surface area (Å²) in [6.45, 7) is 6.18. The quantitative estimate of drug-likeness (QED) is 0.636. The van der Waals surface area contributed by atoms with Crippen molar-refractivity contribution in [3.05, 3.63) is 47.0 Å². The van der Waals surface area contributed by atoms with Gasteiger partial charge in [0.25, 0.3) is 0 Å². The van der Waals surface area contributed by atoms with E-state index in [1.165, 1.54) is 5.69 Å². The van der Waals surface area contributed by atoms with E-state index in [-0.39, 0.29) is 11.8 Å². The maximum Gasteiger partial charge on any atom is 0.246 e. The number of nitrogens with two attached hydrogens (primary N) is 1. The minimum atomic E-state index is -0.584. The Labute approximate surface area is 187 Å². The summed E-state index contributed by atoms with van der Waals surface area (Å²) >= 11 is 0. The van der Waals surface area contributed by atoms with Gasteiger partial charge < -0.3 is 26.2 Å². The van der Waals surface area contributed by atoms with Gasteiger partial charge in [0.15, 0.2) is 11.6 Å². The number of hydrogen-bond acceptors (Lipinski definition) is 7. The van der Waals surface area contributed by atoms with Gasteiger partial charge in [-0.3, -0.25) is 4.79 Å². The Bertz CT molecular complexity index is 1030. The molecule has 1 aromatic carbocycles. The average molecular weight is 440 g/mol. The molecule has 0 spiro atoms. The number of rotatable bonds is 6. The molecule has 4 N–H and O–H groups in total. The molecule has 0 radical (unpaired) electrons. The van der Waals surface area contributed by atoms with Gasteiger partial charge in [-0.05, 0) is 63.4 Å². The Kier molecular flexibility index (Phi) is 6.55. The van der Waals surface area contributed by atoms with Crippen molar-refractivity contribution >= 4 is 29.0 Å². The predicted octanol–water partition coefficient (Wildman–Crippen LogP) is 3.14. The van der Waals surface area contributed by atoms with Crippen LogP contribution in [0.25, 0.3) is 0 Å². The first-order chi connectivity index (χ1) is 15.4. The van der Waals surface area contributed by atoms with Crippen LogP contribution in [0.1, 0.15) is 31.2 Å². The third kappa shape index (κ3) is 4.99. The van der Waals surface area contributed by atoms with E-state index in [4.69, 9.17) is 5.73 Å². The van der Waals surface area contributed by atoms with E-state index in [0.717, 1.165) is 56.5 Å². The van der Waals surface area contributed by atoms with Crippen molar-refractivity contribution in [2.75, 3.05) is 48.8 Å². The molecule has 8 nitrogen and oxygen atoms in total. The number of benzene rings is 1. The second kappa shape index (κ2) is 9.52. The molecule has 170 valence electrons. The van der Waals surface area contributed by atoms with Gasteiger partial charge in [0, 0.05) is 48.8 Å². The third-order valence-electron chi connectivity index (χ3n) is 6.08. The summed E-state index contributed by atoms with van der Waals surface area (Å²) in [4.78, 5) is 24.8. The van der Waals surface area contributed by atoms with Gasteiger partial charge in [-0.25, -0.2) is 9.37 Å². The summed E-state index contributed by atoms with van der Waals surface area (Å²) in [5.41, 5.74) is 9.83. The van der Waals surface area contributed by atoms with Crippen LogP contribution in [0, 0.1) is 12.7 Å². The normalized spacial score (nSPS) is 17.4. The summed E-state index contributed by atoms with van der Waals surface area (Å²) < 4.78 is 14.4. The number of anilines is 4. The fourth-order valence-corrected chi connectivity index (χ4v) is 4.24. The van der Waals surface area contributed by atoms with E-state index in [2.05, 4.69) is 50.4 Å². The number of likely N-dealkylation sites (N-methyl/N-ethyl adjacent to an activating group) is 1. The van der Waals surface area contributed by atoms with Crippen LogP contribution in [0.4, 0.5) is 27.5 Å². The molecular formula is C23H30FN7O. The maximum atomic E-state index is 14.4. The highest BCUT2D eigenvalue weighted by Crippen LogP contribution is 2.28. The highest BCUT2D eigenvalue weighted by atomic mass is 19.1. The molecule has 0 unspecified atom stereocenters. The molecule has 1 aromatic heterocycles. The molecule has 9 heteroatoms. The highest BCUT2D eigenvalue weighted by Gasteiger charge is 2.20. The lowest BCUT2D eigenvalue weighted by molar-refractivity contribution is -0.114. The molecule has 1 amide bonds. The topological polar surface area (TPSA) is 99.4 Å². The van der Waals surface area contributed by atoms with E-state index in [1.807, 2.05) is 12.1 Å². The van der Waals surface area contributed by atoms with Crippen LogP contribution in [-0.2, 0) is 4.79 Å². The molecule has 2 heterocycles. The molecule has 2 aromatic rings. The Balaban J connectivity index is 1.50. The number of nitrogens with zero attached hydrogens (tertiary/aromatic N) is 4. The van der Waals surface area contributed by atoms with Crippen molar-refractivity contribution in [2.24, 2.45) is 5.73 Å². The number of aromatic nitrogens is 2. The van der Waals surface area contributed by atoms with E-state index in [1.54, 1.807) is 0 Å². The third-order valence-corrected chi connectivity index (χ3v) is 6.08. The second-order valence-electron chi connectivity index (χ2n) is 8.46. The zero-order valence-corrected chi connectivity index (χ0v) is 18.6. The molecule has 1 fully saturated rings. The highest BCUT2D eigenvalue weighted by molar-refractivity contribution is 5.93. The fraction of sp³-hybridized carbons (Fsp3) is 0.435. The van der Waals surface area contributed by atoms with Crippen LogP contribution >= 0.6 is 0 Å². The maximum absolute atomic E-state index is 14.4. The smallest absolute Gasteiger partial charge is 0.246 e. The number of allylic oxidation sites excluding steroid dienone is 1. The lowest BCUT2D eigenvalue weighted by Gasteiger charge is -2.35. The van der Waals surface area contributed by atoms with Crippen molar-refractivity contribution in [1.82, 2.24) is 14.9 Å². The van der Waals surface area contributed by atoms with Crippen molar-refractivity contribution in [1.29, 1.82) is 0 Å². The van der Waals surface area contributed by atoms with Crippen molar-refractivity contribution < 1.29 is 9.18 Å². The van der Waals surface area contributed by atoms with Crippen LogP contribution in [-0.4, -0.2) is 54.0 Å². The second-order valence-corrected chi connectivity index (χ2v) is 8.46. The molecule has 1 aliphatic carbocycles. The lowest BCUT2D eigenvalue weighted by Crippen LogP contribution is -2.44. The zero-order chi connectivity index (χ0) is 22.7. The molecule has 1 aliphatic heterocycles. The van der Waals surface area contributed by atoms with Gasteiger partial charge >= 0.3 is 0 Å². The van der Waals surface area contributed by atoms with Gasteiger partial charge in [-0.1, -0.05) is 0 Å². The first-order valence-electron chi connectivity index (χ1n) is 11.0. The summed E-state index contributed by atoms with van der Waals surface area (Å²) in [6, 6.07) is 6.12. The number of carbonyl (C=O) groups is 1. The standard InChI is InChI=1S/C23H30FN7O/c1-15-13-16(7-8-20(15)31-11-9-30(2)10-12-31)27-23-26-14-18(24)22(29-23)28-19-6-4-3-5-17(19)21(25)32/h7-8,13-14H,3-6,9-12H2,1-2H3,(H2,25,32)(H2,26,27,28,29). The van der Waals surface area contributed by atoms with Crippen molar-refractivity contribution in [2.45, 2.75) is 32.6 Å². The zero-order valence-electron chi connectivity index (χ0n) is 18.6. The van der Waals surface area contributed by atoms with Crippen molar-refractivity contribution in [3.63, 3.8) is 0 Å². The fourth-order valence-electron chi connectivity index (χ4n) is 4.24. The van der Waals surface area contributed by atoms with Crippen molar-refractivity contribution in [3.8, 4) is 0 Å². The Morgan fingerprint density at radius 1 is 1.12 bits per heavy atom. The number of hydrogen-bond donors (Lipinski definition) is 3. The van der Waals surface area contributed by atoms with E-state index >= 15 is 0 Å². The first kappa shape index (κ1) is 22.0. The van der Waals surface area contributed by atoms with Gasteiger partial charge in [0.1, 0.15) is 0 Å². The van der Waals surface area contributed by atoms with Crippen LogP contribution in [0.5, 0.6) is 0 Å². The van der Waals surface area contributed by atoms with Crippen LogP contribution in [0.3, 0.4) is 0 Å². The Hall–Kier alpha value is -3.20. The Morgan fingerprint density at radius 3 is 2.59 bits per heavy atom. The number of halogens is 1. The first-order valence-corrected chi connectivity index (χ1v) is 11.0. The van der Waals surface area contributed by atoms with E-state index < -0.39 is 11.7 Å². The summed E-state index contributed by atoms with van der Waals surface area (Å²) in [7, 11) is 2.14. The predicted molar refractivity (Wildman–Crippen MR) is 124 cm³/mol. The number of aryl methyl sites for hydroxylation is 1. The molecule has 1 saturated heterocycles. The molecule has 4 rings (SSSR count). The van der Waals surface area contributed by atoms with Crippen LogP contribution < -0.4 is 21.3 Å². The summed E-state index contributed by atoms with van der Waals surface area (Å²) in [5.74, 6) is -0.753. The summed E-state index contributed by atoms with van der Waals surface area (Å²) in [6.07, 6.45) is 4.16. The SMILES string of the molecule is Cc1cc(Nc2ncc(F)c(NC3=C(C(N)=O)CCCC3)n2)ccc1N1CCN(C)CC1. The Morgan fingerprint density at radius 2 is 1.88 bits per heavy atom. The number of piperazine rings is 1. The minimum absolute atomic E-state index is 0.0314. The van der Waals surface area contributed by atoms with Crippen LogP contribution in [0.15, 0.2) is 35.7 Å². The monoisotopic (exact) mass is 439 g/mol. The van der Waals surface area contributed by atoms with Gasteiger partial charge in [0.2, 0.25) is 11.9 Å². The average Bonchev–Trinajstić information content (AvgIpc) is 2.77. The van der Waals surface area contributed by atoms with Gasteiger partial charge in [0.05, 0.1) is 6.20 Å². The number of amides is 1. The number of carbonyl (C=O) groups excluding carboxylic acids is 1. The van der Waals surface area contributed by atoms with Crippen LogP contribution in [0.2, 0.25) is 0 Å². The molecular weight excluding hydrogens is 409 g/mol. The molecule has 0 saturated carbocycles. The molecule has 2 aliphatic rings. The van der Waals surface area contributed by atoms with Gasteiger partial charge in [-0.2, -0.15) is 4.98 Å². The van der Waals surface area contributed by atoms with E-state index in [0.29, 0.717) is 24.1 Å². The summed E-state index contributed by atoms with van der Waals surface area (Å²) in [5, 5.41) is 6.13. The van der Waals surface area contributed by atoms with E-state index in [9.17, 15) is 9.18 Å². The molecule has 32 heavy (non-hydrogen) atoms. The largest absolute Gasteiger partial charge is 0.369 e. The minimum Gasteiger partial charge on any atom is -0.369 e. The molecule has 0 bridgehead atoms.